The van der Waals surface area contributed by atoms with Gasteiger partial charge in [-0.2, -0.15) is 0 Å². The van der Waals surface area contributed by atoms with Crippen molar-refractivity contribution in [3.8, 4) is 17.1 Å². The van der Waals surface area contributed by atoms with Crippen LogP contribution in [0.25, 0.3) is 17.1 Å². The van der Waals surface area contributed by atoms with Gasteiger partial charge in [0.05, 0.1) is 10.7 Å². The average molecular weight is 472 g/mol. The number of rotatable bonds is 5. The standard InChI is InChI=1S/C23H17Cl3N4O/c1-14-12-16(25)8-11-20(14)28-29-23(31)21-13-30(17-9-6-15(24)7-10-17)22(27-21)18-4-2-3-5-19(18)26/h2-13,28H,1H3,(H,29,31). The maximum Gasteiger partial charge on any atom is 0.289 e. The summed E-state index contributed by atoms with van der Waals surface area (Å²) in [6.45, 7) is 1.89. The average Bonchev–Trinajstić information content (AvgIpc) is 3.19. The van der Waals surface area contributed by atoms with Crippen molar-refractivity contribution in [3.63, 3.8) is 0 Å². The molecule has 2 N–H and O–H groups in total. The topological polar surface area (TPSA) is 58.9 Å². The number of hydrogen-bond acceptors (Lipinski definition) is 3. The quantitative estimate of drug-likeness (QED) is 0.324. The third-order valence-electron chi connectivity index (χ3n) is 4.66. The molecule has 0 fully saturated rings. The number of hydrogen-bond donors (Lipinski definition) is 2. The van der Waals surface area contributed by atoms with Crippen LogP contribution in [0.2, 0.25) is 15.1 Å². The second-order valence-electron chi connectivity index (χ2n) is 6.81. The van der Waals surface area contributed by atoms with E-state index in [1.54, 1.807) is 47.2 Å². The summed E-state index contributed by atoms with van der Waals surface area (Å²) in [6.07, 6.45) is 1.66. The van der Waals surface area contributed by atoms with Crippen LogP contribution in [0.4, 0.5) is 5.69 Å². The maximum atomic E-state index is 12.8. The fraction of sp³-hybridized carbons (Fsp3) is 0.0435. The van der Waals surface area contributed by atoms with E-state index in [1.165, 1.54) is 0 Å². The van der Waals surface area contributed by atoms with Crippen molar-refractivity contribution in [2.45, 2.75) is 6.92 Å². The molecule has 1 aromatic heterocycles. The number of hydrazine groups is 1. The van der Waals surface area contributed by atoms with Gasteiger partial charge in [-0.05, 0) is 67.1 Å². The minimum Gasteiger partial charge on any atom is -0.299 e. The van der Waals surface area contributed by atoms with E-state index in [4.69, 9.17) is 34.8 Å². The molecule has 0 saturated carbocycles. The first-order valence-corrected chi connectivity index (χ1v) is 10.5. The van der Waals surface area contributed by atoms with Crippen LogP contribution in [0.5, 0.6) is 0 Å². The van der Waals surface area contributed by atoms with Crippen molar-refractivity contribution < 1.29 is 4.79 Å². The number of aromatic nitrogens is 2. The highest BCUT2D eigenvalue weighted by molar-refractivity contribution is 6.33. The molecule has 4 rings (SSSR count). The minimum absolute atomic E-state index is 0.226. The number of carbonyl (C=O) groups is 1. The van der Waals surface area contributed by atoms with Gasteiger partial charge in [0, 0.05) is 27.5 Å². The predicted octanol–water partition coefficient (Wildman–Crippen LogP) is 6.56. The molecule has 0 saturated heterocycles. The van der Waals surface area contributed by atoms with E-state index in [1.807, 2.05) is 37.3 Å². The molecule has 3 aromatic carbocycles. The molecule has 5 nitrogen and oxygen atoms in total. The van der Waals surface area contributed by atoms with E-state index in [0.29, 0.717) is 26.5 Å². The molecule has 0 aliphatic carbocycles. The van der Waals surface area contributed by atoms with Gasteiger partial charge in [-0.25, -0.2) is 4.98 Å². The zero-order valence-corrected chi connectivity index (χ0v) is 18.6. The van der Waals surface area contributed by atoms with Crippen LogP contribution < -0.4 is 10.9 Å². The first-order chi connectivity index (χ1) is 14.9. The van der Waals surface area contributed by atoms with Gasteiger partial charge in [-0.3, -0.25) is 20.2 Å². The third-order valence-corrected chi connectivity index (χ3v) is 5.47. The number of benzene rings is 3. The zero-order chi connectivity index (χ0) is 22.0. The van der Waals surface area contributed by atoms with E-state index in [9.17, 15) is 4.79 Å². The first kappa shape index (κ1) is 21.2. The summed E-state index contributed by atoms with van der Waals surface area (Å²) in [5.74, 6) is 0.149. The fourth-order valence-corrected chi connectivity index (χ4v) is 3.65. The van der Waals surface area contributed by atoms with Crippen LogP contribution in [0.1, 0.15) is 16.1 Å². The summed E-state index contributed by atoms with van der Waals surface area (Å²) >= 11 is 18.4. The largest absolute Gasteiger partial charge is 0.299 e. The monoisotopic (exact) mass is 470 g/mol. The van der Waals surface area contributed by atoms with Gasteiger partial charge in [0.2, 0.25) is 0 Å². The van der Waals surface area contributed by atoms with Crippen LogP contribution in [0.15, 0.2) is 72.9 Å². The number of imidazole rings is 1. The van der Waals surface area contributed by atoms with Crippen LogP contribution in [-0.2, 0) is 0 Å². The smallest absolute Gasteiger partial charge is 0.289 e. The summed E-state index contributed by atoms with van der Waals surface area (Å²) in [4.78, 5) is 17.4. The van der Waals surface area contributed by atoms with Crippen molar-refractivity contribution in [2.75, 3.05) is 5.43 Å². The Morgan fingerprint density at radius 2 is 1.65 bits per heavy atom. The Kier molecular flexibility index (Phi) is 6.18. The number of carbonyl (C=O) groups excluding carboxylic acids is 1. The molecular formula is C23H17Cl3N4O. The lowest BCUT2D eigenvalue weighted by molar-refractivity contribution is 0.0958. The van der Waals surface area contributed by atoms with Crippen LogP contribution in [-0.4, -0.2) is 15.5 Å². The highest BCUT2D eigenvalue weighted by atomic mass is 35.5. The number of aryl methyl sites for hydroxylation is 1. The Morgan fingerprint density at radius 3 is 2.35 bits per heavy atom. The lowest BCUT2D eigenvalue weighted by atomic mass is 10.2. The van der Waals surface area contributed by atoms with Crippen molar-refractivity contribution >= 4 is 46.4 Å². The minimum atomic E-state index is -0.393. The number of amides is 1. The van der Waals surface area contributed by atoms with Gasteiger partial charge in [0.25, 0.3) is 5.91 Å². The lowest BCUT2D eigenvalue weighted by Crippen LogP contribution is -2.30. The Hall–Kier alpha value is -2.99. The molecule has 156 valence electrons. The molecule has 0 unspecified atom stereocenters. The molecular weight excluding hydrogens is 455 g/mol. The fourth-order valence-electron chi connectivity index (χ4n) is 3.08. The van der Waals surface area contributed by atoms with Gasteiger partial charge >= 0.3 is 0 Å². The van der Waals surface area contributed by atoms with Crippen LogP contribution in [0.3, 0.4) is 0 Å². The number of nitrogens with zero attached hydrogens (tertiary/aromatic N) is 2. The Balaban J connectivity index is 1.68. The van der Waals surface area contributed by atoms with Crippen LogP contribution >= 0.6 is 34.8 Å². The maximum absolute atomic E-state index is 12.8. The van der Waals surface area contributed by atoms with Crippen molar-refractivity contribution in [1.82, 2.24) is 15.0 Å². The summed E-state index contributed by atoms with van der Waals surface area (Å²) in [7, 11) is 0. The van der Waals surface area contributed by atoms with Crippen molar-refractivity contribution in [1.29, 1.82) is 0 Å². The molecule has 1 amide bonds. The van der Waals surface area contributed by atoms with E-state index >= 15 is 0 Å². The highest BCUT2D eigenvalue weighted by Crippen LogP contribution is 2.29. The second-order valence-corrected chi connectivity index (χ2v) is 8.09. The van der Waals surface area contributed by atoms with Crippen molar-refractivity contribution in [3.05, 3.63) is 99.3 Å². The van der Waals surface area contributed by atoms with E-state index in [2.05, 4.69) is 15.8 Å². The third kappa shape index (κ3) is 4.69. The van der Waals surface area contributed by atoms with Crippen molar-refractivity contribution in [2.24, 2.45) is 0 Å². The molecule has 1 heterocycles. The molecule has 31 heavy (non-hydrogen) atoms. The summed E-state index contributed by atoms with van der Waals surface area (Å²) < 4.78 is 1.81. The SMILES string of the molecule is Cc1cc(Cl)ccc1NNC(=O)c1cn(-c2ccc(Cl)cc2)c(-c2ccccc2Cl)n1. The first-order valence-electron chi connectivity index (χ1n) is 9.35. The normalized spacial score (nSPS) is 10.7. The summed E-state index contributed by atoms with van der Waals surface area (Å²) in [6, 6.07) is 19.9. The summed E-state index contributed by atoms with van der Waals surface area (Å²) in [5, 5.41) is 1.77. The molecule has 0 bridgehead atoms. The number of nitrogens with one attached hydrogen (secondary N) is 2. The second kappa shape index (κ2) is 9.02. The van der Waals surface area contributed by atoms with E-state index in [0.717, 1.165) is 16.9 Å². The predicted molar refractivity (Wildman–Crippen MR) is 126 cm³/mol. The lowest BCUT2D eigenvalue weighted by Gasteiger charge is -2.10. The van der Waals surface area contributed by atoms with Crippen LogP contribution in [0, 0.1) is 6.92 Å². The van der Waals surface area contributed by atoms with E-state index < -0.39 is 5.91 Å². The number of anilines is 1. The molecule has 0 aliphatic rings. The zero-order valence-electron chi connectivity index (χ0n) is 16.4. The van der Waals surface area contributed by atoms with Gasteiger partial charge in [-0.15, -0.1) is 0 Å². The highest BCUT2D eigenvalue weighted by Gasteiger charge is 2.18. The Labute approximate surface area is 194 Å². The molecule has 0 aliphatic heterocycles. The molecule has 0 atom stereocenters. The van der Waals surface area contributed by atoms with Gasteiger partial charge in [-0.1, -0.05) is 46.9 Å². The number of halogens is 3. The van der Waals surface area contributed by atoms with E-state index in [-0.39, 0.29) is 5.69 Å². The Morgan fingerprint density at radius 1 is 0.935 bits per heavy atom. The molecule has 0 spiro atoms. The Bertz CT molecular complexity index is 1250. The van der Waals surface area contributed by atoms with Gasteiger partial charge in [0.15, 0.2) is 0 Å². The van der Waals surface area contributed by atoms with Gasteiger partial charge < -0.3 is 0 Å². The molecule has 0 radical (unpaired) electrons. The molecule has 4 aromatic rings. The molecule has 8 heteroatoms. The summed E-state index contributed by atoms with van der Waals surface area (Å²) in [5.41, 5.74) is 8.96. The van der Waals surface area contributed by atoms with Gasteiger partial charge in [0.1, 0.15) is 11.5 Å².